The summed E-state index contributed by atoms with van der Waals surface area (Å²) >= 11 is 0. The third-order valence-electron chi connectivity index (χ3n) is 3.30. The third-order valence-corrected chi connectivity index (χ3v) is 5.51. The molecule has 0 fully saturated rings. The Kier molecular flexibility index (Phi) is 5.35. The molecule has 1 aromatic carbocycles. The highest BCUT2D eigenvalue weighted by molar-refractivity contribution is 7.92. The van der Waals surface area contributed by atoms with Crippen LogP contribution >= 0.6 is 0 Å². The van der Waals surface area contributed by atoms with Crippen molar-refractivity contribution >= 4 is 9.84 Å². The SMILES string of the molecule is CCNC(c1ccc(C)cc1)C(C)S(=O)(=O)CC. The van der Waals surface area contributed by atoms with Crippen LogP contribution in [0.3, 0.4) is 0 Å². The van der Waals surface area contributed by atoms with Crippen molar-refractivity contribution < 1.29 is 8.42 Å². The molecule has 0 heterocycles. The zero-order valence-corrected chi connectivity index (χ0v) is 12.4. The molecule has 0 aliphatic heterocycles. The molecule has 0 aromatic heterocycles. The quantitative estimate of drug-likeness (QED) is 0.863. The van der Waals surface area contributed by atoms with Gasteiger partial charge in [-0.25, -0.2) is 8.42 Å². The van der Waals surface area contributed by atoms with Gasteiger partial charge in [-0.3, -0.25) is 0 Å². The molecule has 3 nitrogen and oxygen atoms in total. The van der Waals surface area contributed by atoms with Crippen LogP contribution in [0.15, 0.2) is 24.3 Å². The zero-order chi connectivity index (χ0) is 13.8. The Bertz CT molecular complexity index is 465. The highest BCUT2D eigenvalue weighted by Gasteiger charge is 2.28. The topological polar surface area (TPSA) is 46.2 Å². The molecule has 0 aliphatic carbocycles. The second-order valence-corrected chi connectivity index (χ2v) is 7.25. The van der Waals surface area contributed by atoms with Gasteiger partial charge in [0.05, 0.1) is 5.25 Å². The van der Waals surface area contributed by atoms with Crippen molar-refractivity contribution in [3.63, 3.8) is 0 Å². The lowest BCUT2D eigenvalue weighted by atomic mass is 10.0. The van der Waals surface area contributed by atoms with E-state index in [1.165, 1.54) is 5.56 Å². The molecule has 18 heavy (non-hydrogen) atoms. The minimum absolute atomic E-state index is 0.138. The second kappa shape index (κ2) is 6.34. The van der Waals surface area contributed by atoms with Gasteiger partial charge in [-0.1, -0.05) is 43.7 Å². The van der Waals surface area contributed by atoms with Crippen molar-refractivity contribution in [3.05, 3.63) is 35.4 Å². The fourth-order valence-corrected chi connectivity index (χ4v) is 3.21. The van der Waals surface area contributed by atoms with E-state index in [0.29, 0.717) is 0 Å². The molecule has 1 rings (SSSR count). The summed E-state index contributed by atoms with van der Waals surface area (Å²) in [4.78, 5) is 0. The van der Waals surface area contributed by atoms with Crippen LogP contribution in [0.1, 0.15) is 37.9 Å². The Labute approximate surface area is 111 Å². The molecule has 4 heteroatoms. The summed E-state index contributed by atoms with van der Waals surface area (Å²) in [6.45, 7) is 8.25. The van der Waals surface area contributed by atoms with E-state index in [4.69, 9.17) is 0 Å². The van der Waals surface area contributed by atoms with Crippen LogP contribution in [0.25, 0.3) is 0 Å². The molecule has 1 N–H and O–H groups in total. The van der Waals surface area contributed by atoms with Crippen LogP contribution in [-0.4, -0.2) is 26.0 Å². The predicted molar refractivity (Wildman–Crippen MR) is 76.5 cm³/mol. The number of hydrogen-bond acceptors (Lipinski definition) is 3. The van der Waals surface area contributed by atoms with Gasteiger partial charge in [0.1, 0.15) is 0 Å². The van der Waals surface area contributed by atoms with Gasteiger partial charge in [0.25, 0.3) is 0 Å². The highest BCUT2D eigenvalue weighted by atomic mass is 32.2. The fraction of sp³-hybridized carbons (Fsp3) is 0.571. The minimum Gasteiger partial charge on any atom is -0.309 e. The summed E-state index contributed by atoms with van der Waals surface area (Å²) < 4.78 is 24.0. The normalized spacial score (nSPS) is 15.3. The van der Waals surface area contributed by atoms with Crippen molar-refractivity contribution in [2.45, 2.75) is 39.0 Å². The van der Waals surface area contributed by atoms with E-state index >= 15 is 0 Å². The largest absolute Gasteiger partial charge is 0.309 e. The maximum Gasteiger partial charge on any atom is 0.154 e. The van der Waals surface area contributed by atoms with Gasteiger partial charge in [0.2, 0.25) is 0 Å². The van der Waals surface area contributed by atoms with E-state index in [1.54, 1.807) is 13.8 Å². The first-order chi connectivity index (χ1) is 8.42. The van der Waals surface area contributed by atoms with Gasteiger partial charge in [-0.05, 0) is 26.0 Å². The second-order valence-electron chi connectivity index (χ2n) is 4.60. The first-order valence-electron chi connectivity index (χ1n) is 6.43. The van der Waals surface area contributed by atoms with Crippen molar-refractivity contribution in [1.29, 1.82) is 0 Å². The number of nitrogens with one attached hydrogen (secondary N) is 1. The summed E-state index contributed by atoms with van der Waals surface area (Å²) in [6, 6.07) is 7.91. The van der Waals surface area contributed by atoms with Gasteiger partial charge in [0.15, 0.2) is 9.84 Å². The average Bonchev–Trinajstić information content (AvgIpc) is 2.36. The van der Waals surface area contributed by atoms with Gasteiger partial charge in [0, 0.05) is 11.8 Å². The summed E-state index contributed by atoms with van der Waals surface area (Å²) in [5.74, 6) is 0.182. The number of aryl methyl sites for hydroxylation is 1. The van der Waals surface area contributed by atoms with Crippen LogP contribution in [0.4, 0.5) is 0 Å². The van der Waals surface area contributed by atoms with Crippen LogP contribution in [-0.2, 0) is 9.84 Å². The predicted octanol–water partition coefficient (Wildman–Crippen LogP) is 2.47. The van der Waals surface area contributed by atoms with Crippen molar-refractivity contribution in [1.82, 2.24) is 5.32 Å². The molecule has 2 unspecified atom stereocenters. The molecule has 0 saturated heterocycles. The first-order valence-corrected chi connectivity index (χ1v) is 8.15. The van der Waals surface area contributed by atoms with Crippen LogP contribution in [0, 0.1) is 6.92 Å². The maximum atomic E-state index is 12.0. The number of rotatable bonds is 6. The molecular weight excluding hydrogens is 246 g/mol. The minimum atomic E-state index is -3.04. The van der Waals surface area contributed by atoms with Crippen LogP contribution < -0.4 is 5.32 Å². The van der Waals surface area contributed by atoms with Gasteiger partial charge in [-0.2, -0.15) is 0 Å². The Morgan fingerprint density at radius 2 is 1.72 bits per heavy atom. The van der Waals surface area contributed by atoms with Crippen LogP contribution in [0.2, 0.25) is 0 Å². The lowest BCUT2D eigenvalue weighted by molar-refractivity contribution is 0.510. The molecule has 0 bridgehead atoms. The van der Waals surface area contributed by atoms with Gasteiger partial charge in [-0.15, -0.1) is 0 Å². The molecule has 0 amide bonds. The maximum absolute atomic E-state index is 12.0. The number of sulfone groups is 1. The monoisotopic (exact) mass is 269 g/mol. The summed E-state index contributed by atoms with van der Waals surface area (Å²) in [6.07, 6.45) is 0. The zero-order valence-electron chi connectivity index (χ0n) is 11.6. The van der Waals surface area contributed by atoms with E-state index in [2.05, 4.69) is 5.32 Å². The van der Waals surface area contributed by atoms with Crippen molar-refractivity contribution in [2.24, 2.45) is 0 Å². The van der Waals surface area contributed by atoms with E-state index in [9.17, 15) is 8.42 Å². The molecule has 102 valence electrons. The molecule has 2 atom stereocenters. The number of benzene rings is 1. The molecule has 0 saturated carbocycles. The van der Waals surface area contributed by atoms with E-state index in [0.717, 1.165) is 12.1 Å². The summed E-state index contributed by atoms with van der Waals surface area (Å²) in [7, 11) is -3.04. The van der Waals surface area contributed by atoms with Crippen molar-refractivity contribution in [2.75, 3.05) is 12.3 Å². The lowest BCUT2D eigenvalue weighted by Crippen LogP contribution is -2.36. The van der Waals surface area contributed by atoms with E-state index in [-0.39, 0.29) is 11.8 Å². The molecular formula is C14H23NO2S. The molecule has 1 aromatic rings. The lowest BCUT2D eigenvalue weighted by Gasteiger charge is -2.25. The molecule has 0 radical (unpaired) electrons. The Balaban J connectivity index is 3.06. The van der Waals surface area contributed by atoms with Crippen molar-refractivity contribution in [3.8, 4) is 0 Å². The Morgan fingerprint density at radius 1 is 1.17 bits per heavy atom. The van der Waals surface area contributed by atoms with Gasteiger partial charge >= 0.3 is 0 Å². The third kappa shape index (κ3) is 3.56. The molecule has 0 spiro atoms. The average molecular weight is 269 g/mol. The van der Waals surface area contributed by atoms with E-state index < -0.39 is 15.1 Å². The first kappa shape index (κ1) is 15.2. The summed E-state index contributed by atoms with van der Waals surface area (Å²) in [5.41, 5.74) is 2.21. The number of hydrogen-bond donors (Lipinski definition) is 1. The van der Waals surface area contributed by atoms with Crippen LogP contribution in [0.5, 0.6) is 0 Å². The Hall–Kier alpha value is -0.870. The summed E-state index contributed by atoms with van der Waals surface area (Å²) in [5, 5.41) is 2.87. The Morgan fingerprint density at radius 3 is 2.17 bits per heavy atom. The smallest absolute Gasteiger partial charge is 0.154 e. The van der Waals surface area contributed by atoms with Gasteiger partial charge < -0.3 is 5.32 Å². The van der Waals surface area contributed by atoms with E-state index in [1.807, 2.05) is 38.1 Å². The standard InChI is InChI=1S/C14H23NO2S/c1-5-15-14(12(4)18(16,17)6-2)13-9-7-11(3)8-10-13/h7-10,12,14-15H,5-6H2,1-4H3. The molecule has 0 aliphatic rings. The fourth-order valence-electron chi connectivity index (χ4n) is 2.02. The highest BCUT2D eigenvalue weighted by Crippen LogP contribution is 2.23.